The summed E-state index contributed by atoms with van der Waals surface area (Å²) in [5, 5.41) is 3.25. The van der Waals surface area contributed by atoms with Crippen LogP contribution in [-0.4, -0.2) is 28.6 Å². The summed E-state index contributed by atoms with van der Waals surface area (Å²) >= 11 is 13.0. The van der Waals surface area contributed by atoms with Gasteiger partial charge in [-0.2, -0.15) is 0 Å². The number of carbonyl (C=O) groups is 3. The smallest absolute Gasteiger partial charge is 0.293 e. The number of hydrogen-bond donors (Lipinski definition) is 1. The number of aryl methyl sites for hydroxylation is 1. The van der Waals surface area contributed by atoms with Crippen molar-refractivity contribution in [3.05, 3.63) is 98.4 Å². The maximum absolute atomic E-state index is 12.9. The zero-order valence-corrected chi connectivity index (χ0v) is 20.9. The van der Waals surface area contributed by atoms with E-state index in [0.717, 1.165) is 22.2 Å². The van der Waals surface area contributed by atoms with Gasteiger partial charge >= 0.3 is 0 Å². The standard InChI is InChI=1S/C26H20Cl2N2O4S/c1-16-5-9-20(10-6-16)29-24(31)15-34-21-4-2-3-17(11-21)12-23-25(32)30(26(33)35-23)14-18-7-8-19(27)13-22(18)28/h2-13H,14-15H2,1H3,(H,29,31)/b23-12-. The second-order valence-corrected chi connectivity index (χ2v) is 9.62. The van der Waals surface area contributed by atoms with Crippen molar-refractivity contribution in [3.8, 4) is 5.75 Å². The molecule has 3 aromatic rings. The first kappa shape index (κ1) is 24.9. The van der Waals surface area contributed by atoms with Crippen LogP contribution in [0.3, 0.4) is 0 Å². The minimum atomic E-state index is -0.408. The van der Waals surface area contributed by atoms with Gasteiger partial charge in [0, 0.05) is 15.7 Å². The van der Waals surface area contributed by atoms with E-state index in [-0.39, 0.29) is 29.2 Å². The third kappa shape index (κ3) is 6.45. The molecule has 3 aromatic carbocycles. The second kappa shape index (κ2) is 11.0. The summed E-state index contributed by atoms with van der Waals surface area (Å²) in [4.78, 5) is 38.9. The number of halogens is 2. The van der Waals surface area contributed by atoms with Crippen LogP contribution in [0.5, 0.6) is 5.75 Å². The molecule has 0 bridgehead atoms. The highest BCUT2D eigenvalue weighted by Crippen LogP contribution is 2.35. The van der Waals surface area contributed by atoms with Gasteiger partial charge in [0.15, 0.2) is 6.61 Å². The largest absolute Gasteiger partial charge is 0.484 e. The topological polar surface area (TPSA) is 75.7 Å². The monoisotopic (exact) mass is 526 g/mol. The number of nitrogens with zero attached hydrogens (tertiary/aromatic N) is 1. The molecular weight excluding hydrogens is 507 g/mol. The van der Waals surface area contributed by atoms with Crippen molar-refractivity contribution in [2.24, 2.45) is 0 Å². The third-order valence-corrected chi connectivity index (χ3v) is 6.57. The summed E-state index contributed by atoms with van der Waals surface area (Å²) in [7, 11) is 0. The number of rotatable bonds is 7. The quantitative estimate of drug-likeness (QED) is 0.353. The van der Waals surface area contributed by atoms with Crippen molar-refractivity contribution < 1.29 is 19.1 Å². The van der Waals surface area contributed by atoms with Crippen LogP contribution in [0, 0.1) is 6.92 Å². The number of imide groups is 1. The second-order valence-electron chi connectivity index (χ2n) is 7.78. The minimum absolute atomic E-state index is 0.0528. The maximum Gasteiger partial charge on any atom is 0.293 e. The Kier molecular flexibility index (Phi) is 7.80. The van der Waals surface area contributed by atoms with Gasteiger partial charge in [0.05, 0.1) is 11.4 Å². The number of nitrogens with one attached hydrogen (secondary N) is 1. The molecular formula is C26H20Cl2N2O4S. The van der Waals surface area contributed by atoms with E-state index >= 15 is 0 Å². The molecule has 3 amide bonds. The first-order chi connectivity index (χ1) is 16.8. The van der Waals surface area contributed by atoms with Gasteiger partial charge in [-0.05, 0) is 72.3 Å². The lowest BCUT2D eigenvalue weighted by molar-refractivity contribution is -0.123. The van der Waals surface area contributed by atoms with Crippen LogP contribution in [0.2, 0.25) is 10.0 Å². The van der Waals surface area contributed by atoms with Crippen molar-refractivity contribution >= 4 is 63.8 Å². The number of carbonyl (C=O) groups excluding carboxylic acids is 3. The van der Waals surface area contributed by atoms with E-state index in [1.54, 1.807) is 48.5 Å². The van der Waals surface area contributed by atoms with E-state index in [4.69, 9.17) is 27.9 Å². The molecule has 0 atom stereocenters. The summed E-state index contributed by atoms with van der Waals surface area (Å²) < 4.78 is 5.60. The van der Waals surface area contributed by atoms with Gasteiger partial charge in [-0.15, -0.1) is 0 Å². The maximum atomic E-state index is 12.9. The van der Waals surface area contributed by atoms with Gasteiger partial charge in [0.2, 0.25) is 0 Å². The molecule has 6 nitrogen and oxygen atoms in total. The Morgan fingerprint density at radius 3 is 2.57 bits per heavy atom. The van der Waals surface area contributed by atoms with Gasteiger partial charge in [0.1, 0.15) is 5.75 Å². The lowest BCUT2D eigenvalue weighted by Crippen LogP contribution is -2.27. The molecule has 0 aliphatic carbocycles. The Bertz CT molecular complexity index is 1330. The van der Waals surface area contributed by atoms with Crippen molar-refractivity contribution in [2.75, 3.05) is 11.9 Å². The Labute approximate surface area is 216 Å². The molecule has 9 heteroatoms. The van der Waals surface area contributed by atoms with Crippen LogP contribution in [-0.2, 0) is 16.1 Å². The molecule has 35 heavy (non-hydrogen) atoms. The number of amides is 3. The first-order valence-corrected chi connectivity index (χ1v) is 12.1. The first-order valence-electron chi connectivity index (χ1n) is 10.6. The van der Waals surface area contributed by atoms with Crippen LogP contribution in [0.1, 0.15) is 16.7 Å². The fourth-order valence-electron chi connectivity index (χ4n) is 3.28. The molecule has 1 heterocycles. The molecule has 0 spiro atoms. The van der Waals surface area contributed by atoms with Crippen molar-refractivity contribution in [1.29, 1.82) is 0 Å². The molecule has 0 saturated carbocycles. The molecule has 1 aliphatic heterocycles. The number of anilines is 1. The molecule has 0 unspecified atom stereocenters. The Morgan fingerprint density at radius 2 is 1.83 bits per heavy atom. The van der Waals surface area contributed by atoms with Crippen molar-refractivity contribution in [1.82, 2.24) is 4.90 Å². The van der Waals surface area contributed by atoms with Gasteiger partial charge in [-0.3, -0.25) is 19.3 Å². The molecule has 1 N–H and O–H groups in total. The normalized spacial score (nSPS) is 14.5. The molecule has 0 radical (unpaired) electrons. The predicted octanol–water partition coefficient (Wildman–Crippen LogP) is 6.56. The summed E-state index contributed by atoms with van der Waals surface area (Å²) in [6, 6.07) is 19.3. The van der Waals surface area contributed by atoms with Crippen LogP contribution in [0.25, 0.3) is 6.08 Å². The average Bonchev–Trinajstić information content (AvgIpc) is 3.08. The van der Waals surface area contributed by atoms with Gasteiger partial charge in [-0.1, -0.05) is 59.1 Å². The number of ether oxygens (including phenoxy) is 1. The highest BCUT2D eigenvalue weighted by atomic mass is 35.5. The molecule has 1 saturated heterocycles. The van der Waals surface area contributed by atoms with Gasteiger partial charge < -0.3 is 10.1 Å². The van der Waals surface area contributed by atoms with E-state index in [0.29, 0.717) is 32.6 Å². The number of thioether (sulfide) groups is 1. The van der Waals surface area contributed by atoms with E-state index in [1.165, 1.54) is 0 Å². The van der Waals surface area contributed by atoms with Crippen molar-refractivity contribution in [2.45, 2.75) is 13.5 Å². The summed E-state index contributed by atoms with van der Waals surface area (Å²) in [5.74, 6) is -0.235. The summed E-state index contributed by atoms with van der Waals surface area (Å²) in [5.41, 5.74) is 3.08. The van der Waals surface area contributed by atoms with Gasteiger partial charge in [0.25, 0.3) is 17.1 Å². The fraction of sp³-hybridized carbons (Fsp3) is 0.115. The Hall–Kier alpha value is -3.26. The van der Waals surface area contributed by atoms with E-state index < -0.39 is 5.91 Å². The van der Waals surface area contributed by atoms with Crippen LogP contribution < -0.4 is 10.1 Å². The lowest BCUT2D eigenvalue weighted by Gasteiger charge is -2.13. The van der Waals surface area contributed by atoms with Gasteiger partial charge in [-0.25, -0.2) is 0 Å². The molecule has 1 fully saturated rings. The average molecular weight is 527 g/mol. The highest BCUT2D eigenvalue weighted by molar-refractivity contribution is 8.18. The van der Waals surface area contributed by atoms with Crippen LogP contribution in [0.4, 0.5) is 10.5 Å². The zero-order valence-electron chi connectivity index (χ0n) is 18.6. The highest BCUT2D eigenvalue weighted by Gasteiger charge is 2.35. The minimum Gasteiger partial charge on any atom is -0.484 e. The SMILES string of the molecule is Cc1ccc(NC(=O)COc2cccc(/C=C3\SC(=O)N(Cc4ccc(Cl)cc4Cl)C3=O)c2)cc1. The molecule has 0 aromatic heterocycles. The van der Waals surface area contributed by atoms with E-state index in [2.05, 4.69) is 5.32 Å². The summed E-state index contributed by atoms with van der Waals surface area (Å²) in [6.45, 7) is 1.85. The molecule has 178 valence electrons. The lowest BCUT2D eigenvalue weighted by atomic mass is 10.2. The fourth-order valence-corrected chi connectivity index (χ4v) is 4.59. The molecule has 4 rings (SSSR count). The zero-order chi connectivity index (χ0) is 24.9. The van der Waals surface area contributed by atoms with E-state index in [9.17, 15) is 14.4 Å². The van der Waals surface area contributed by atoms with Crippen molar-refractivity contribution in [3.63, 3.8) is 0 Å². The molecule has 1 aliphatic rings. The number of benzene rings is 3. The van der Waals surface area contributed by atoms with E-state index in [1.807, 2.05) is 31.2 Å². The third-order valence-electron chi connectivity index (χ3n) is 5.08. The number of hydrogen-bond acceptors (Lipinski definition) is 5. The predicted molar refractivity (Wildman–Crippen MR) is 140 cm³/mol. The summed E-state index contributed by atoms with van der Waals surface area (Å²) in [6.07, 6.45) is 1.62. The van der Waals surface area contributed by atoms with Crippen LogP contribution in [0.15, 0.2) is 71.6 Å². The van der Waals surface area contributed by atoms with Crippen LogP contribution >= 0.6 is 35.0 Å². The Morgan fingerprint density at radius 1 is 1.06 bits per heavy atom. The Balaban J connectivity index is 1.39.